The molecule has 0 N–H and O–H groups in total. The Kier molecular flexibility index (Phi) is 28.6. The second-order valence-corrected chi connectivity index (χ2v) is 19.8. The van der Waals surface area contributed by atoms with Crippen molar-refractivity contribution in [3.05, 3.63) is 82.9 Å². The number of unbranched alkanes of at least 4 members (excludes halogenated alkanes) is 20. The first-order chi connectivity index (χ1) is 29.0. The minimum Gasteiger partial charge on any atom is -0.744 e. The maximum absolute atomic E-state index is 11.8. The second kappa shape index (κ2) is 31.4. The molecule has 0 fully saturated rings. The van der Waals surface area contributed by atoms with Crippen molar-refractivity contribution in [3.8, 4) is 0 Å². The molecule has 0 aliphatic rings. The molecular formula is C52H78CaO6S2. The molecule has 0 spiro atoms. The van der Waals surface area contributed by atoms with E-state index in [9.17, 15) is 25.9 Å². The quantitative estimate of drug-likeness (QED) is 0.0292. The second-order valence-electron chi connectivity index (χ2n) is 17.1. The summed E-state index contributed by atoms with van der Waals surface area (Å²) in [4.78, 5) is -0.150. The fourth-order valence-electron chi connectivity index (χ4n) is 8.72. The van der Waals surface area contributed by atoms with Gasteiger partial charge in [0, 0.05) is 0 Å². The molecule has 6 nitrogen and oxygen atoms in total. The molecule has 0 aliphatic heterocycles. The van der Waals surface area contributed by atoms with E-state index in [0.29, 0.717) is 10.8 Å². The van der Waals surface area contributed by atoms with Crippen molar-refractivity contribution in [1.29, 1.82) is 0 Å². The number of hydrogen-bond donors (Lipinski definition) is 0. The van der Waals surface area contributed by atoms with Gasteiger partial charge in [-0.15, -0.1) is 0 Å². The van der Waals surface area contributed by atoms with Gasteiger partial charge < -0.3 is 9.11 Å². The summed E-state index contributed by atoms with van der Waals surface area (Å²) < 4.78 is 71.0. The van der Waals surface area contributed by atoms with Crippen LogP contribution in [-0.4, -0.2) is 63.7 Å². The number of fused-ring (bicyclic) bond motifs is 2. The van der Waals surface area contributed by atoms with Crippen molar-refractivity contribution in [2.75, 3.05) is 0 Å². The topological polar surface area (TPSA) is 114 Å². The van der Waals surface area contributed by atoms with Crippen LogP contribution in [0.4, 0.5) is 0 Å². The van der Waals surface area contributed by atoms with E-state index in [4.69, 9.17) is 0 Å². The molecule has 4 aromatic carbocycles. The van der Waals surface area contributed by atoms with E-state index >= 15 is 0 Å². The third kappa shape index (κ3) is 20.0. The van der Waals surface area contributed by atoms with Gasteiger partial charge in [0.05, 0.1) is 9.79 Å². The van der Waals surface area contributed by atoms with Gasteiger partial charge in [0.1, 0.15) is 20.2 Å². The summed E-state index contributed by atoms with van der Waals surface area (Å²) in [5, 5.41) is 3.24. The van der Waals surface area contributed by atoms with Crippen molar-refractivity contribution in [3.63, 3.8) is 0 Å². The van der Waals surface area contributed by atoms with Crippen LogP contribution in [0.5, 0.6) is 0 Å². The van der Waals surface area contributed by atoms with Crippen LogP contribution in [0.25, 0.3) is 21.5 Å². The van der Waals surface area contributed by atoms with Gasteiger partial charge in [-0.3, -0.25) is 0 Å². The Hall–Kier alpha value is -1.52. The molecule has 0 atom stereocenters. The molecule has 0 aromatic heterocycles. The van der Waals surface area contributed by atoms with E-state index in [0.717, 1.165) is 62.1 Å². The van der Waals surface area contributed by atoms with Crippen molar-refractivity contribution < 1.29 is 25.9 Å². The summed E-state index contributed by atoms with van der Waals surface area (Å²) >= 11 is 0. The molecule has 336 valence electrons. The van der Waals surface area contributed by atoms with Crippen molar-refractivity contribution in [2.45, 2.75) is 217 Å². The fraction of sp³-hybridized carbons (Fsp3) is 0.615. The smallest absolute Gasteiger partial charge is 0.744 e. The van der Waals surface area contributed by atoms with E-state index in [1.54, 1.807) is 12.1 Å². The number of hydrogen-bond acceptors (Lipinski definition) is 6. The Morgan fingerprint density at radius 3 is 0.852 bits per heavy atom. The Bertz CT molecular complexity index is 1850. The molecule has 0 amide bonds. The summed E-state index contributed by atoms with van der Waals surface area (Å²) in [7, 11) is -8.97. The van der Waals surface area contributed by atoms with E-state index in [1.807, 2.05) is 24.3 Å². The summed E-state index contributed by atoms with van der Waals surface area (Å²) in [6.07, 6.45) is 33.3. The van der Waals surface area contributed by atoms with Crippen molar-refractivity contribution in [1.82, 2.24) is 0 Å². The zero-order chi connectivity index (χ0) is 43.6. The van der Waals surface area contributed by atoms with Gasteiger partial charge in [-0.2, -0.15) is 0 Å². The van der Waals surface area contributed by atoms with E-state index in [1.165, 1.54) is 163 Å². The average molecular weight is 903 g/mol. The molecule has 9 heteroatoms. The third-order valence-electron chi connectivity index (χ3n) is 12.1. The zero-order valence-corrected chi connectivity index (χ0v) is 42.4. The summed E-state index contributed by atoms with van der Waals surface area (Å²) in [5.74, 6) is 0. The summed E-state index contributed by atoms with van der Waals surface area (Å²) in [6.45, 7) is 8.90. The first-order valence-electron chi connectivity index (χ1n) is 24.0. The Labute approximate surface area is 402 Å². The Morgan fingerprint density at radius 1 is 0.344 bits per heavy atom. The van der Waals surface area contributed by atoms with E-state index in [2.05, 4.69) is 39.8 Å². The number of aryl methyl sites for hydroxylation is 4. The Morgan fingerprint density at radius 2 is 0.590 bits per heavy atom. The van der Waals surface area contributed by atoms with Gasteiger partial charge >= 0.3 is 37.7 Å². The number of benzene rings is 4. The van der Waals surface area contributed by atoms with Crippen LogP contribution in [0.1, 0.15) is 204 Å². The zero-order valence-electron chi connectivity index (χ0n) is 38.5. The van der Waals surface area contributed by atoms with Gasteiger partial charge in [0.15, 0.2) is 0 Å². The van der Waals surface area contributed by atoms with Gasteiger partial charge in [0.25, 0.3) is 0 Å². The molecule has 0 heterocycles. The van der Waals surface area contributed by atoms with E-state index < -0.39 is 20.2 Å². The van der Waals surface area contributed by atoms with Crippen LogP contribution in [0.15, 0.2) is 70.5 Å². The van der Waals surface area contributed by atoms with Crippen LogP contribution < -0.4 is 0 Å². The molecular weight excluding hydrogens is 825 g/mol. The summed E-state index contributed by atoms with van der Waals surface area (Å²) in [6, 6.07) is 18.4. The molecule has 4 aromatic rings. The van der Waals surface area contributed by atoms with E-state index in [-0.39, 0.29) is 47.5 Å². The predicted octanol–water partition coefficient (Wildman–Crippen LogP) is 14.7. The van der Waals surface area contributed by atoms with Gasteiger partial charge in [0.2, 0.25) is 0 Å². The first-order valence-corrected chi connectivity index (χ1v) is 26.8. The first kappa shape index (κ1) is 55.6. The molecule has 0 aliphatic carbocycles. The molecule has 0 radical (unpaired) electrons. The molecule has 0 unspecified atom stereocenters. The Balaban J connectivity index is 0.000000413. The maximum atomic E-state index is 11.8. The van der Waals surface area contributed by atoms with Crippen LogP contribution in [0.3, 0.4) is 0 Å². The van der Waals surface area contributed by atoms with Crippen molar-refractivity contribution in [2.24, 2.45) is 0 Å². The van der Waals surface area contributed by atoms with Crippen LogP contribution in [-0.2, 0) is 45.9 Å². The number of rotatable bonds is 30. The van der Waals surface area contributed by atoms with Crippen molar-refractivity contribution >= 4 is 79.5 Å². The standard InChI is InChI=1S/2C26H40O3S.Ca/c2*1-3-5-7-9-11-13-16-22-18-15-19-24-25(30(27,28)29)21-20-23(26(22)24)17-14-12-10-8-6-4-2;/h2*15,18-21H,3-14,16-17H2,1-2H3,(H,27,28,29);/q;;+2/p-2. The van der Waals surface area contributed by atoms with Gasteiger partial charge in [-0.25, -0.2) is 16.8 Å². The van der Waals surface area contributed by atoms with Gasteiger partial charge in [-0.1, -0.05) is 205 Å². The molecule has 0 saturated carbocycles. The average Bonchev–Trinajstić information content (AvgIpc) is 3.22. The monoisotopic (exact) mass is 902 g/mol. The molecule has 61 heavy (non-hydrogen) atoms. The van der Waals surface area contributed by atoms with Gasteiger partial charge in [-0.05, 0) is 107 Å². The molecule has 4 rings (SSSR count). The van der Waals surface area contributed by atoms with Crippen LogP contribution in [0.2, 0.25) is 0 Å². The summed E-state index contributed by atoms with van der Waals surface area (Å²) in [5.41, 5.74) is 4.76. The minimum atomic E-state index is -4.48. The SMILES string of the molecule is CCCCCCCCc1cccc2c(S(=O)(=O)[O-])ccc(CCCCCCCC)c12.CCCCCCCCc1cccc2c(S(=O)(=O)[O-])ccc(CCCCCCCC)c12.[Ca+2]. The maximum Gasteiger partial charge on any atom is 2.00 e. The normalized spacial score (nSPS) is 11.8. The van der Waals surface area contributed by atoms with Crippen LogP contribution in [0, 0.1) is 0 Å². The molecule has 0 saturated heterocycles. The molecule has 0 bridgehead atoms. The minimum absolute atomic E-state index is 0. The van der Waals surface area contributed by atoms with Crippen LogP contribution >= 0.6 is 0 Å². The fourth-order valence-corrected chi connectivity index (χ4v) is 10.1. The largest absolute Gasteiger partial charge is 2.00 e. The predicted molar refractivity (Wildman–Crippen MR) is 258 cm³/mol. The third-order valence-corrected chi connectivity index (χ3v) is 13.9.